The Kier molecular flexibility index (Phi) is 4.61. The van der Waals surface area contributed by atoms with E-state index in [0.717, 1.165) is 36.6 Å². The molecule has 19 heavy (non-hydrogen) atoms. The van der Waals surface area contributed by atoms with Gasteiger partial charge in [0.1, 0.15) is 10.7 Å². The lowest BCUT2D eigenvalue weighted by molar-refractivity contribution is 0.183. The predicted molar refractivity (Wildman–Crippen MR) is 80.9 cm³/mol. The van der Waals surface area contributed by atoms with E-state index < -0.39 is 0 Å². The highest BCUT2D eigenvalue weighted by molar-refractivity contribution is 7.80. The lowest BCUT2D eigenvalue weighted by Gasteiger charge is -2.22. The van der Waals surface area contributed by atoms with Crippen LogP contribution >= 0.6 is 12.2 Å². The Labute approximate surface area is 119 Å². The maximum atomic E-state index is 5.76. The van der Waals surface area contributed by atoms with Gasteiger partial charge in [0.2, 0.25) is 0 Å². The molecule has 1 aromatic carbocycles. The molecule has 2 unspecified atom stereocenters. The van der Waals surface area contributed by atoms with E-state index in [2.05, 4.69) is 12.2 Å². The second-order valence-corrected chi connectivity index (χ2v) is 5.27. The van der Waals surface area contributed by atoms with Crippen molar-refractivity contribution in [3.8, 4) is 5.75 Å². The molecule has 0 amide bonds. The SMILES string of the molecule is COc1ccc(C(N)=S)c(NC(C)C2CCOC2)c1. The molecule has 1 fully saturated rings. The van der Waals surface area contributed by atoms with Gasteiger partial charge >= 0.3 is 0 Å². The number of anilines is 1. The number of rotatable bonds is 5. The first kappa shape index (κ1) is 14.1. The molecule has 1 aliphatic rings. The van der Waals surface area contributed by atoms with E-state index in [9.17, 15) is 0 Å². The van der Waals surface area contributed by atoms with E-state index in [-0.39, 0.29) is 0 Å². The maximum Gasteiger partial charge on any atom is 0.120 e. The van der Waals surface area contributed by atoms with Crippen LogP contribution in [0, 0.1) is 5.92 Å². The van der Waals surface area contributed by atoms with E-state index in [1.807, 2.05) is 18.2 Å². The van der Waals surface area contributed by atoms with Crippen LogP contribution in [0.3, 0.4) is 0 Å². The van der Waals surface area contributed by atoms with Crippen LogP contribution < -0.4 is 15.8 Å². The molecule has 3 N–H and O–H groups in total. The fraction of sp³-hybridized carbons (Fsp3) is 0.500. The molecule has 0 radical (unpaired) electrons. The van der Waals surface area contributed by atoms with Crippen molar-refractivity contribution in [2.45, 2.75) is 19.4 Å². The van der Waals surface area contributed by atoms with Crippen molar-refractivity contribution in [3.63, 3.8) is 0 Å². The summed E-state index contributed by atoms with van der Waals surface area (Å²) in [5.74, 6) is 1.31. The van der Waals surface area contributed by atoms with Gasteiger partial charge < -0.3 is 20.5 Å². The molecule has 5 heteroatoms. The third-order valence-electron chi connectivity index (χ3n) is 3.55. The summed E-state index contributed by atoms with van der Waals surface area (Å²) in [4.78, 5) is 0.389. The molecule has 0 saturated carbocycles. The molecule has 1 saturated heterocycles. The van der Waals surface area contributed by atoms with Gasteiger partial charge in [0.05, 0.1) is 13.7 Å². The summed E-state index contributed by atoms with van der Waals surface area (Å²) < 4.78 is 10.7. The zero-order valence-corrected chi connectivity index (χ0v) is 12.1. The molecule has 2 rings (SSSR count). The van der Waals surface area contributed by atoms with E-state index in [1.54, 1.807) is 7.11 Å². The Balaban J connectivity index is 2.18. The molecule has 4 nitrogen and oxygen atoms in total. The minimum atomic E-state index is 0.308. The number of thiocarbonyl (C=S) groups is 1. The van der Waals surface area contributed by atoms with Crippen LogP contribution in [0.15, 0.2) is 18.2 Å². The monoisotopic (exact) mass is 280 g/mol. The minimum Gasteiger partial charge on any atom is -0.497 e. The Morgan fingerprint density at radius 1 is 1.58 bits per heavy atom. The fourth-order valence-corrected chi connectivity index (χ4v) is 2.47. The summed E-state index contributed by atoms with van der Waals surface area (Å²) in [7, 11) is 1.65. The molecule has 0 aromatic heterocycles. The molecule has 1 aliphatic heterocycles. The lowest BCUT2D eigenvalue weighted by atomic mass is 10.00. The summed E-state index contributed by atoms with van der Waals surface area (Å²) in [5.41, 5.74) is 7.53. The topological polar surface area (TPSA) is 56.5 Å². The smallest absolute Gasteiger partial charge is 0.120 e. The molecule has 0 aliphatic carbocycles. The van der Waals surface area contributed by atoms with Gasteiger partial charge in [-0.3, -0.25) is 0 Å². The van der Waals surface area contributed by atoms with Crippen LogP contribution in [0.2, 0.25) is 0 Å². The summed E-state index contributed by atoms with van der Waals surface area (Å²) >= 11 is 5.09. The van der Waals surface area contributed by atoms with Crippen molar-refractivity contribution < 1.29 is 9.47 Å². The lowest BCUT2D eigenvalue weighted by Crippen LogP contribution is -2.27. The highest BCUT2D eigenvalue weighted by Gasteiger charge is 2.23. The Morgan fingerprint density at radius 2 is 2.37 bits per heavy atom. The fourth-order valence-electron chi connectivity index (χ4n) is 2.29. The molecule has 104 valence electrons. The molecule has 1 heterocycles. The van der Waals surface area contributed by atoms with Crippen molar-refractivity contribution in [2.75, 3.05) is 25.6 Å². The summed E-state index contributed by atoms with van der Waals surface area (Å²) in [5, 5.41) is 3.48. The Hall–Kier alpha value is -1.33. The summed E-state index contributed by atoms with van der Waals surface area (Å²) in [6.45, 7) is 3.81. The van der Waals surface area contributed by atoms with Gasteiger partial charge in [-0.05, 0) is 25.5 Å². The van der Waals surface area contributed by atoms with Crippen molar-refractivity contribution >= 4 is 22.9 Å². The average Bonchev–Trinajstić information content (AvgIpc) is 2.92. The normalized spacial score (nSPS) is 20.0. The highest BCUT2D eigenvalue weighted by Crippen LogP contribution is 2.26. The molecule has 1 aromatic rings. The zero-order chi connectivity index (χ0) is 13.8. The number of methoxy groups -OCH3 is 1. The number of hydrogen-bond donors (Lipinski definition) is 2. The minimum absolute atomic E-state index is 0.308. The van der Waals surface area contributed by atoms with E-state index in [1.165, 1.54) is 0 Å². The van der Waals surface area contributed by atoms with Crippen LogP contribution in [0.5, 0.6) is 5.75 Å². The van der Waals surface area contributed by atoms with Crippen LogP contribution in [0.1, 0.15) is 18.9 Å². The van der Waals surface area contributed by atoms with Gasteiger partial charge in [0.15, 0.2) is 0 Å². The standard InChI is InChI=1S/C14H20N2O2S/c1-9(10-5-6-18-8-10)16-13-7-11(17-2)3-4-12(13)14(15)19/h3-4,7,9-10,16H,5-6,8H2,1-2H3,(H2,15,19). The second-order valence-electron chi connectivity index (χ2n) is 4.83. The first-order chi connectivity index (χ1) is 9.11. The van der Waals surface area contributed by atoms with Crippen LogP contribution in [-0.4, -0.2) is 31.4 Å². The maximum absolute atomic E-state index is 5.76. The Bertz CT molecular complexity index is 459. The van der Waals surface area contributed by atoms with Crippen LogP contribution in [0.25, 0.3) is 0 Å². The van der Waals surface area contributed by atoms with Crippen molar-refractivity contribution in [1.29, 1.82) is 0 Å². The third-order valence-corrected chi connectivity index (χ3v) is 3.77. The number of ether oxygens (including phenoxy) is 2. The molecule has 0 bridgehead atoms. The van der Waals surface area contributed by atoms with Crippen molar-refractivity contribution in [2.24, 2.45) is 11.7 Å². The van der Waals surface area contributed by atoms with Gasteiger partial charge in [-0.15, -0.1) is 0 Å². The van der Waals surface area contributed by atoms with Gasteiger partial charge in [-0.2, -0.15) is 0 Å². The molecule has 2 atom stereocenters. The van der Waals surface area contributed by atoms with Crippen LogP contribution in [-0.2, 0) is 4.74 Å². The summed E-state index contributed by atoms with van der Waals surface area (Å²) in [6, 6.07) is 5.99. The first-order valence-electron chi connectivity index (χ1n) is 6.44. The largest absolute Gasteiger partial charge is 0.497 e. The zero-order valence-electron chi connectivity index (χ0n) is 11.3. The predicted octanol–water partition coefficient (Wildman–Crippen LogP) is 2.17. The van der Waals surface area contributed by atoms with Crippen molar-refractivity contribution in [3.05, 3.63) is 23.8 Å². The van der Waals surface area contributed by atoms with E-state index in [4.69, 9.17) is 27.4 Å². The third kappa shape index (κ3) is 3.36. The number of nitrogens with one attached hydrogen (secondary N) is 1. The van der Waals surface area contributed by atoms with E-state index >= 15 is 0 Å². The van der Waals surface area contributed by atoms with Gasteiger partial charge in [0.25, 0.3) is 0 Å². The van der Waals surface area contributed by atoms with Gasteiger partial charge in [-0.1, -0.05) is 12.2 Å². The second kappa shape index (κ2) is 6.21. The quantitative estimate of drug-likeness (QED) is 0.810. The first-order valence-corrected chi connectivity index (χ1v) is 6.84. The molecular weight excluding hydrogens is 260 g/mol. The van der Waals surface area contributed by atoms with E-state index in [0.29, 0.717) is 16.9 Å². The number of hydrogen-bond acceptors (Lipinski definition) is 4. The highest BCUT2D eigenvalue weighted by atomic mass is 32.1. The van der Waals surface area contributed by atoms with Crippen LogP contribution in [0.4, 0.5) is 5.69 Å². The van der Waals surface area contributed by atoms with Crippen molar-refractivity contribution in [1.82, 2.24) is 0 Å². The number of nitrogens with two attached hydrogens (primary N) is 1. The van der Waals surface area contributed by atoms with Gasteiger partial charge in [0, 0.05) is 35.9 Å². The Morgan fingerprint density at radius 3 is 2.95 bits per heavy atom. The molecule has 0 spiro atoms. The number of benzene rings is 1. The van der Waals surface area contributed by atoms with Gasteiger partial charge in [-0.25, -0.2) is 0 Å². The summed E-state index contributed by atoms with van der Waals surface area (Å²) in [6.07, 6.45) is 1.08. The average molecular weight is 280 g/mol. The molecular formula is C14H20N2O2S.